The Labute approximate surface area is 171 Å². The van der Waals surface area contributed by atoms with Crippen molar-refractivity contribution in [1.82, 2.24) is 15.6 Å². The summed E-state index contributed by atoms with van der Waals surface area (Å²) < 4.78 is 15.6. The third-order valence-electron chi connectivity index (χ3n) is 3.97. The number of methoxy groups -OCH3 is 2. The van der Waals surface area contributed by atoms with Crippen molar-refractivity contribution < 1.29 is 14.2 Å². The normalized spacial score (nSPS) is 11.2. The first-order chi connectivity index (χ1) is 13.7. The second kappa shape index (κ2) is 12.0. The van der Waals surface area contributed by atoms with Crippen molar-refractivity contribution in [1.29, 1.82) is 0 Å². The van der Waals surface area contributed by atoms with E-state index in [9.17, 15) is 0 Å². The first kappa shape index (κ1) is 21.8. The number of halogens is 1. The highest BCUT2D eigenvalue weighted by molar-refractivity contribution is 6.31. The molecule has 1 aromatic heterocycles. The Kier molecular flexibility index (Phi) is 9.37. The van der Waals surface area contributed by atoms with Crippen LogP contribution in [0.4, 0.5) is 0 Å². The maximum atomic E-state index is 6.27. The van der Waals surface area contributed by atoms with Crippen molar-refractivity contribution >= 4 is 17.6 Å². The van der Waals surface area contributed by atoms with E-state index in [2.05, 4.69) is 20.6 Å². The van der Waals surface area contributed by atoms with E-state index in [-0.39, 0.29) is 0 Å². The van der Waals surface area contributed by atoms with Gasteiger partial charge in [0, 0.05) is 44.5 Å². The van der Waals surface area contributed by atoms with Gasteiger partial charge in [-0.2, -0.15) is 0 Å². The van der Waals surface area contributed by atoms with Crippen LogP contribution in [-0.2, 0) is 17.7 Å². The Morgan fingerprint density at radius 1 is 1.14 bits per heavy atom. The van der Waals surface area contributed by atoms with Gasteiger partial charge in [-0.1, -0.05) is 23.7 Å². The lowest BCUT2D eigenvalue weighted by molar-refractivity contribution is 0.143. The minimum Gasteiger partial charge on any atom is -0.497 e. The highest BCUT2D eigenvalue weighted by Crippen LogP contribution is 2.22. The molecule has 28 heavy (non-hydrogen) atoms. The van der Waals surface area contributed by atoms with Gasteiger partial charge in [0.15, 0.2) is 5.96 Å². The molecule has 0 unspecified atom stereocenters. The van der Waals surface area contributed by atoms with Crippen molar-refractivity contribution in [3.63, 3.8) is 0 Å². The fourth-order valence-corrected chi connectivity index (χ4v) is 2.68. The summed E-state index contributed by atoms with van der Waals surface area (Å²) in [5.41, 5.74) is 2.08. The Hall–Kier alpha value is -2.51. The smallest absolute Gasteiger partial charge is 0.213 e. The molecule has 0 amide bonds. The Balaban J connectivity index is 1.75. The zero-order valence-electron chi connectivity index (χ0n) is 16.5. The zero-order chi connectivity index (χ0) is 20.2. The number of aromatic nitrogens is 1. The highest BCUT2D eigenvalue weighted by Gasteiger charge is 2.04. The number of hydrogen-bond donors (Lipinski definition) is 2. The zero-order valence-corrected chi connectivity index (χ0v) is 17.3. The third-order valence-corrected chi connectivity index (χ3v) is 4.32. The molecule has 0 bridgehead atoms. The molecule has 152 valence electrons. The van der Waals surface area contributed by atoms with Crippen LogP contribution < -0.4 is 20.1 Å². The summed E-state index contributed by atoms with van der Waals surface area (Å²) >= 11 is 6.27. The molecule has 2 aromatic rings. The predicted molar refractivity (Wildman–Crippen MR) is 112 cm³/mol. The molecule has 0 saturated heterocycles. The number of nitrogens with zero attached hydrogens (tertiary/aromatic N) is 2. The van der Waals surface area contributed by atoms with E-state index < -0.39 is 0 Å². The van der Waals surface area contributed by atoms with E-state index in [1.165, 1.54) is 0 Å². The van der Waals surface area contributed by atoms with Crippen LogP contribution in [0.15, 0.2) is 41.5 Å². The Bertz CT molecular complexity index is 754. The summed E-state index contributed by atoms with van der Waals surface area (Å²) in [6.45, 7) is 2.33. The van der Waals surface area contributed by atoms with E-state index in [0.29, 0.717) is 43.2 Å². The number of pyridine rings is 1. The molecule has 2 N–H and O–H groups in total. The van der Waals surface area contributed by atoms with Crippen LogP contribution in [-0.4, -0.2) is 52.0 Å². The van der Waals surface area contributed by atoms with Crippen molar-refractivity contribution in [2.45, 2.75) is 13.0 Å². The molecule has 0 atom stereocenters. The number of nitrogens with one attached hydrogen (secondary N) is 2. The molecule has 2 rings (SSSR count). The standard InChI is InChI=1S/C20H27ClN4O3/c1-22-20(23-9-8-16-5-6-17(27-3)12-18(16)21)25-14-15-4-7-19(24-13-15)28-11-10-26-2/h4-7,12-13H,8-11,14H2,1-3H3,(H2,22,23,25). The minimum atomic E-state index is 0.482. The molecule has 0 aliphatic heterocycles. The molecule has 1 heterocycles. The van der Waals surface area contributed by atoms with Crippen molar-refractivity contribution in [2.75, 3.05) is 41.0 Å². The summed E-state index contributed by atoms with van der Waals surface area (Å²) in [4.78, 5) is 8.51. The average molecular weight is 407 g/mol. The van der Waals surface area contributed by atoms with E-state index in [1.54, 1.807) is 27.5 Å². The van der Waals surface area contributed by atoms with Crippen LogP contribution in [0.3, 0.4) is 0 Å². The monoisotopic (exact) mass is 406 g/mol. The molecule has 8 heteroatoms. The Morgan fingerprint density at radius 3 is 2.64 bits per heavy atom. The van der Waals surface area contributed by atoms with Crippen LogP contribution in [0, 0.1) is 0 Å². The average Bonchev–Trinajstić information content (AvgIpc) is 2.72. The summed E-state index contributed by atoms with van der Waals surface area (Å²) in [6, 6.07) is 9.51. The topological polar surface area (TPSA) is 77.0 Å². The van der Waals surface area contributed by atoms with Gasteiger partial charge in [-0.3, -0.25) is 4.99 Å². The van der Waals surface area contributed by atoms with Gasteiger partial charge in [0.25, 0.3) is 0 Å². The summed E-state index contributed by atoms with van der Waals surface area (Å²) in [6.07, 6.45) is 2.55. The van der Waals surface area contributed by atoms with Crippen LogP contribution in [0.25, 0.3) is 0 Å². The van der Waals surface area contributed by atoms with Gasteiger partial charge < -0.3 is 24.8 Å². The second-order valence-corrected chi connectivity index (χ2v) is 6.31. The van der Waals surface area contributed by atoms with Gasteiger partial charge in [0.05, 0.1) is 13.7 Å². The molecular formula is C20H27ClN4O3. The number of hydrogen-bond acceptors (Lipinski definition) is 5. The maximum absolute atomic E-state index is 6.27. The van der Waals surface area contributed by atoms with Crippen molar-refractivity contribution in [2.24, 2.45) is 4.99 Å². The quantitative estimate of drug-likeness (QED) is 0.359. The van der Waals surface area contributed by atoms with Crippen LogP contribution in [0.5, 0.6) is 11.6 Å². The van der Waals surface area contributed by atoms with Gasteiger partial charge in [-0.25, -0.2) is 4.98 Å². The number of guanidine groups is 1. The fraction of sp³-hybridized carbons (Fsp3) is 0.400. The molecule has 0 fully saturated rings. The van der Waals surface area contributed by atoms with Gasteiger partial charge in [-0.15, -0.1) is 0 Å². The maximum Gasteiger partial charge on any atom is 0.213 e. The van der Waals surface area contributed by atoms with Crippen LogP contribution in [0.1, 0.15) is 11.1 Å². The van der Waals surface area contributed by atoms with E-state index in [0.717, 1.165) is 23.3 Å². The summed E-state index contributed by atoms with van der Waals surface area (Å²) in [5.74, 6) is 2.05. The fourth-order valence-electron chi connectivity index (χ4n) is 2.41. The molecule has 1 aromatic carbocycles. The number of ether oxygens (including phenoxy) is 3. The van der Waals surface area contributed by atoms with Crippen molar-refractivity contribution in [3.05, 3.63) is 52.7 Å². The minimum absolute atomic E-state index is 0.482. The first-order valence-corrected chi connectivity index (χ1v) is 9.37. The largest absolute Gasteiger partial charge is 0.497 e. The summed E-state index contributed by atoms with van der Waals surface area (Å²) in [7, 11) is 5.00. The SMILES string of the molecule is CN=C(NCCc1ccc(OC)cc1Cl)NCc1ccc(OCCOC)nc1. The molecule has 7 nitrogen and oxygen atoms in total. The van der Waals surface area contributed by atoms with Gasteiger partial charge >= 0.3 is 0 Å². The molecule has 0 aliphatic rings. The van der Waals surface area contributed by atoms with Gasteiger partial charge in [0.1, 0.15) is 12.4 Å². The number of aliphatic imine (C=N–C) groups is 1. The molecule has 0 aliphatic carbocycles. The molecule has 0 spiro atoms. The Morgan fingerprint density at radius 2 is 2.00 bits per heavy atom. The molecular weight excluding hydrogens is 380 g/mol. The van der Waals surface area contributed by atoms with Gasteiger partial charge in [0.2, 0.25) is 5.88 Å². The predicted octanol–water partition coefficient (Wildman–Crippen LogP) is 2.68. The van der Waals surface area contributed by atoms with E-state index in [1.807, 2.05) is 30.3 Å². The lowest BCUT2D eigenvalue weighted by Gasteiger charge is -2.13. The van der Waals surface area contributed by atoms with Crippen LogP contribution >= 0.6 is 11.6 Å². The highest BCUT2D eigenvalue weighted by atomic mass is 35.5. The van der Waals surface area contributed by atoms with Crippen LogP contribution in [0.2, 0.25) is 5.02 Å². The molecule has 0 saturated carbocycles. The van der Waals surface area contributed by atoms with Crippen molar-refractivity contribution in [3.8, 4) is 11.6 Å². The third kappa shape index (κ3) is 7.25. The lowest BCUT2D eigenvalue weighted by Crippen LogP contribution is -2.37. The first-order valence-electron chi connectivity index (χ1n) is 9.00. The number of rotatable bonds is 10. The van der Waals surface area contributed by atoms with Gasteiger partial charge in [-0.05, 0) is 29.7 Å². The summed E-state index contributed by atoms with van der Waals surface area (Å²) in [5, 5.41) is 7.24. The second-order valence-electron chi connectivity index (χ2n) is 5.91. The van der Waals surface area contributed by atoms with E-state index >= 15 is 0 Å². The lowest BCUT2D eigenvalue weighted by atomic mass is 10.1. The van der Waals surface area contributed by atoms with E-state index in [4.69, 9.17) is 25.8 Å². The number of benzene rings is 1. The molecule has 0 radical (unpaired) electrons.